The van der Waals surface area contributed by atoms with Gasteiger partial charge < -0.3 is 0 Å². The monoisotopic (exact) mass is 320 g/mol. The Morgan fingerprint density at radius 2 is 1.05 bits per heavy atom. The molecule has 2 atom stereocenters. The van der Waals surface area contributed by atoms with Crippen molar-refractivity contribution < 1.29 is 9.59 Å². The van der Waals surface area contributed by atoms with E-state index in [9.17, 15) is 9.59 Å². The predicted octanol–water partition coefficient (Wildman–Crippen LogP) is 4.36. The van der Waals surface area contributed by atoms with E-state index in [1.165, 1.54) is 0 Å². The van der Waals surface area contributed by atoms with Crippen LogP contribution < -0.4 is 0 Å². The summed E-state index contributed by atoms with van der Waals surface area (Å²) in [6.07, 6.45) is 0.102. The third-order valence-electron chi connectivity index (χ3n) is 3.10. The molecule has 2 rings (SSSR count). The Balaban J connectivity index is 2.01. The minimum atomic E-state index is -0.817. The zero-order chi connectivity index (χ0) is 15.2. The first-order valence-electron chi connectivity index (χ1n) is 6.56. The third kappa shape index (κ3) is 4.16. The summed E-state index contributed by atoms with van der Waals surface area (Å²) in [6, 6.07) is 17.5. The van der Waals surface area contributed by atoms with E-state index in [1.54, 1.807) is 48.5 Å². The van der Waals surface area contributed by atoms with Gasteiger partial charge in [-0.1, -0.05) is 60.7 Å². The van der Waals surface area contributed by atoms with Crippen LogP contribution in [0.15, 0.2) is 60.7 Å². The maximum absolute atomic E-state index is 12.1. The molecule has 0 aromatic heterocycles. The maximum atomic E-state index is 12.1. The summed E-state index contributed by atoms with van der Waals surface area (Å²) < 4.78 is 0. The van der Waals surface area contributed by atoms with E-state index < -0.39 is 10.8 Å². The van der Waals surface area contributed by atoms with Gasteiger partial charge in [-0.05, 0) is 6.42 Å². The van der Waals surface area contributed by atoms with Crippen molar-refractivity contribution in [3.05, 3.63) is 71.8 Å². The van der Waals surface area contributed by atoms with Crippen molar-refractivity contribution in [1.82, 2.24) is 0 Å². The number of hydrogen-bond donors (Lipinski definition) is 0. The van der Waals surface area contributed by atoms with Gasteiger partial charge in [-0.15, -0.1) is 23.2 Å². The van der Waals surface area contributed by atoms with Crippen LogP contribution in [0, 0.1) is 0 Å². The fraction of sp³-hybridized carbons (Fsp3) is 0.176. The van der Waals surface area contributed by atoms with Gasteiger partial charge in [0.25, 0.3) is 0 Å². The molecule has 21 heavy (non-hydrogen) atoms. The second kappa shape index (κ2) is 7.39. The van der Waals surface area contributed by atoms with Crippen molar-refractivity contribution in [2.24, 2.45) is 0 Å². The first-order chi connectivity index (χ1) is 10.1. The van der Waals surface area contributed by atoms with Crippen molar-refractivity contribution >= 4 is 34.8 Å². The van der Waals surface area contributed by atoms with Crippen LogP contribution in [-0.4, -0.2) is 22.3 Å². The Hall–Kier alpha value is -1.64. The predicted molar refractivity (Wildman–Crippen MR) is 85.4 cm³/mol. The molecule has 2 aromatic carbocycles. The van der Waals surface area contributed by atoms with Gasteiger partial charge in [0.1, 0.15) is 0 Å². The maximum Gasteiger partial charge on any atom is 0.180 e. The van der Waals surface area contributed by atoms with Gasteiger partial charge in [0, 0.05) is 11.1 Å². The highest BCUT2D eigenvalue weighted by Gasteiger charge is 2.25. The molecule has 0 heterocycles. The van der Waals surface area contributed by atoms with Gasteiger partial charge in [0.2, 0.25) is 0 Å². The Kier molecular flexibility index (Phi) is 5.54. The zero-order valence-corrected chi connectivity index (χ0v) is 12.7. The summed E-state index contributed by atoms with van der Waals surface area (Å²) in [5.74, 6) is -0.437. The van der Waals surface area contributed by atoms with Gasteiger partial charge in [-0.25, -0.2) is 0 Å². The summed E-state index contributed by atoms with van der Waals surface area (Å²) >= 11 is 12.2. The number of carbonyl (C=O) groups is 2. The number of ketones is 2. The number of halogens is 2. The van der Waals surface area contributed by atoms with Gasteiger partial charge in [0.05, 0.1) is 10.8 Å². The van der Waals surface area contributed by atoms with Crippen LogP contribution in [0.3, 0.4) is 0 Å². The molecule has 0 N–H and O–H groups in total. The molecule has 0 bridgehead atoms. The van der Waals surface area contributed by atoms with Crippen LogP contribution in [0.25, 0.3) is 0 Å². The van der Waals surface area contributed by atoms with E-state index in [4.69, 9.17) is 23.2 Å². The van der Waals surface area contributed by atoms with Crippen molar-refractivity contribution in [3.8, 4) is 0 Å². The molecule has 0 saturated heterocycles. The first-order valence-corrected chi connectivity index (χ1v) is 7.43. The average Bonchev–Trinajstić information content (AvgIpc) is 2.55. The molecule has 0 saturated carbocycles. The smallest absolute Gasteiger partial charge is 0.180 e. The van der Waals surface area contributed by atoms with E-state index >= 15 is 0 Å². The number of alkyl halides is 2. The van der Waals surface area contributed by atoms with Crippen molar-refractivity contribution in [2.45, 2.75) is 17.2 Å². The summed E-state index contributed by atoms with van der Waals surface area (Å²) in [5, 5.41) is -1.63. The van der Waals surface area contributed by atoms with Crippen LogP contribution in [0.5, 0.6) is 0 Å². The standard InChI is InChI=1S/C17H14Cl2O2/c18-14(16(20)12-7-3-1-4-8-12)11-15(19)17(21)13-9-5-2-6-10-13/h1-10,14-15H,11H2/t14-,15+. The summed E-state index contributed by atoms with van der Waals surface area (Å²) in [4.78, 5) is 24.3. The molecule has 0 amide bonds. The molecule has 0 radical (unpaired) electrons. The highest BCUT2D eigenvalue weighted by molar-refractivity contribution is 6.37. The van der Waals surface area contributed by atoms with Gasteiger partial charge in [0.15, 0.2) is 11.6 Å². The fourth-order valence-corrected chi connectivity index (χ4v) is 2.66. The molecular formula is C17H14Cl2O2. The first kappa shape index (κ1) is 15.7. The lowest BCUT2D eigenvalue weighted by Crippen LogP contribution is -2.24. The van der Waals surface area contributed by atoms with Crippen LogP contribution in [0.1, 0.15) is 27.1 Å². The SMILES string of the molecule is O=C(c1ccccc1)[C@H](Cl)C[C@H](Cl)C(=O)c1ccccc1. The molecule has 4 heteroatoms. The summed E-state index contributed by atoms with van der Waals surface area (Å²) in [6.45, 7) is 0. The molecule has 0 aliphatic carbocycles. The third-order valence-corrected chi connectivity index (χ3v) is 3.85. The van der Waals surface area contributed by atoms with E-state index in [1.807, 2.05) is 12.1 Å². The van der Waals surface area contributed by atoms with E-state index in [-0.39, 0.29) is 18.0 Å². The highest BCUT2D eigenvalue weighted by atomic mass is 35.5. The molecular weight excluding hydrogens is 307 g/mol. The number of carbonyl (C=O) groups excluding carboxylic acids is 2. The van der Waals surface area contributed by atoms with Gasteiger partial charge >= 0.3 is 0 Å². The van der Waals surface area contributed by atoms with Crippen molar-refractivity contribution in [1.29, 1.82) is 0 Å². The van der Waals surface area contributed by atoms with E-state index in [2.05, 4.69) is 0 Å². The van der Waals surface area contributed by atoms with Crippen LogP contribution >= 0.6 is 23.2 Å². The van der Waals surface area contributed by atoms with Gasteiger partial charge in [-0.2, -0.15) is 0 Å². The molecule has 0 aliphatic heterocycles. The van der Waals surface area contributed by atoms with Crippen LogP contribution in [0.2, 0.25) is 0 Å². The van der Waals surface area contributed by atoms with Gasteiger partial charge in [-0.3, -0.25) is 9.59 Å². The molecule has 0 aliphatic rings. The number of hydrogen-bond acceptors (Lipinski definition) is 2. The average molecular weight is 321 g/mol. The highest BCUT2D eigenvalue weighted by Crippen LogP contribution is 2.19. The van der Waals surface area contributed by atoms with E-state index in [0.29, 0.717) is 11.1 Å². The number of rotatable bonds is 6. The Bertz CT molecular complexity index is 556. The molecule has 2 aromatic rings. The summed E-state index contributed by atoms with van der Waals surface area (Å²) in [7, 11) is 0. The van der Waals surface area contributed by atoms with Crippen molar-refractivity contribution in [3.63, 3.8) is 0 Å². The zero-order valence-electron chi connectivity index (χ0n) is 11.2. The molecule has 2 nitrogen and oxygen atoms in total. The van der Waals surface area contributed by atoms with Crippen LogP contribution in [-0.2, 0) is 0 Å². The Morgan fingerprint density at radius 1 is 0.714 bits per heavy atom. The Morgan fingerprint density at radius 3 is 1.38 bits per heavy atom. The van der Waals surface area contributed by atoms with Crippen molar-refractivity contribution in [2.75, 3.05) is 0 Å². The van der Waals surface area contributed by atoms with Crippen LogP contribution in [0.4, 0.5) is 0 Å². The normalized spacial score (nSPS) is 13.4. The largest absolute Gasteiger partial charge is 0.293 e. The molecule has 0 unspecified atom stereocenters. The minimum Gasteiger partial charge on any atom is -0.293 e. The summed E-state index contributed by atoms with van der Waals surface area (Å²) in [5.41, 5.74) is 1.04. The number of Topliss-reactive ketones (excluding diaryl/α,β-unsaturated/α-hetero) is 2. The molecule has 0 spiro atoms. The van der Waals surface area contributed by atoms with E-state index in [0.717, 1.165) is 0 Å². The second-order valence-corrected chi connectivity index (χ2v) is 5.68. The second-order valence-electron chi connectivity index (χ2n) is 4.63. The quantitative estimate of drug-likeness (QED) is 0.585. The fourth-order valence-electron chi connectivity index (χ4n) is 1.96. The lowest BCUT2D eigenvalue weighted by atomic mass is 10.0. The number of benzene rings is 2. The molecule has 0 fully saturated rings. The topological polar surface area (TPSA) is 34.1 Å². The lowest BCUT2D eigenvalue weighted by Gasteiger charge is -2.13. The minimum absolute atomic E-state index is 0.102. The lowest BCUT2D eigenvalue weighted by molar-refractivity contribution is 0.0963. The molecule has 108 valence electrons. The Labute approximate surface area is 133 Å².